The Morgan fingerprint density at radius 2 is 1.69 bits per heavy atom. The molecule has 1 N–H and O–H groups in total. The van der Waals surface area contributed by atoms with Crippen LogP contribution in [0.3, 0.4) is 0 Å². The maximum absolute atomic E-state index is 12.6. The third kappa shape index (κ3) is 6.30. The minimum atomic E-state index is -3.70. The largest absolute Gasteiger partial charge is 0.463 e. The summed E-state index contributed by atoms with van der Waals surface area (Å²) in [5, 5.41) is 2.52. The van der Waals surface area contributed by atoms with Crippen LogP contribution in [-0.2, 0) is 24.3 Å². The second-order valence-corrected chi connectivity index (χ2v) is 6.94. The van der Waals surface area contributed by atoms with Crippen molar-refractivity contribution in [2.45, 2.75) is 11.8 Å². The summed E-state index contributed by atoms with van der Waals surface area (Å²) >= 11 is 0. The van der Waals surface area contributed by atoms with E-state index in [2.05, 4.69) is 23.2 Å². The van der Waals surface area contributed by atoms with Gasteiger partial charge < -0.3 is 10.1 Å². The first-order valence-electron chi connectivity index (χ1n) is 7.83. The number of hydrogen-bond acceptors (Lipinski definition) is 5. The molecule has 0 saturated carbocycles. The SMILES string of the molecule is C=CCN(CC=C)S(=O)(=O)c1ccc(NC(=O)/C=C\C(=O)OCC)cc1. The third-order valence-electron chi connectivity index (χ3n) is 3.08. The predicted molar refractivity (Wildman–Crippen MR) is 100.0 cm³/mol. The molecule has 8 heteroatoms. The zero-order valence-corrected chi connectivity index (χ0v) is 15.4. The van der Waals surface area contributed by atoms with Gasteiger partial charge in [-0.2, -0.15) is 4.31 Å². The molecule has 0 aliphatic carbocycles. The molecule has 0 atom stereocenters. The Labute approximate surface area is 153 Å². The molecule has 140 valence electrons. The maximum atomic E-state index is 12.6. The first-order chi connectivity index (χ1) is 12.3. The molecule has 0 spiro atoms. The highest BCUT2D eigenvalue weighted by molar-refractivity contribution is 7.89. The minimum absolute atomic E-state index is 0.0845. The van der Waals surface area contributed by atoms with E-state index >= 15 is 0 Å². The standard InChI is InChI=1S/C18H22N2O5S/c1-4-13-20(14-5-2)26(23,24)16-9-7-15(8-10-16)19-17(21)11-12-18(22)25-6-3/h4-5,7-12H,1-2,6,13-14H2,3H3,(H,19,21)/b12-11-. The Bertz CT molecular complexity index is 772. The number of amides is 1. The molecule has 0 aliphatic heterocycles. The second kappa shape index (κ2) is 10.3. The van der Waals surface area contributed by atoms with Crippen molar-refractivity contribution < 1.29 is 22.7 Å². The van der Waals surface area contributed by atoms with Crippen LogP contribution in [0.1, 0.15) is 6.92 Å². The van der Waals surface area contributed by atoms with E-state index in [1.165, 1.54) is 40.7 Å². The first kappa shape index (κ1) is 21.3. The zero-order chi connectivity index (χ0) is 19.6. The normalized spacial score (nSPS) is 11.3. The highest BCUT2D eigenvalue weighted by atomic mass is 32.2. The lowest BCUT2D eigenvalue weighted by Crippen LogP contribution is -2.31. The maximum Gasteiger partial charge on any atom is 0.330 e. The fourth-order valence-corrected chi connectivity index (χ4v) is 3.32. The van der Waals surface area contributed by atoms with Gasteiger partial charge in [0.15, 0.2) is 0 Å². The monoisotopic (exact) mass is 378 g/mol. The molecule has 1 rings (SSSR count). The number of carbonyl (C=O) groups is 2. The average Bonchev–Trinajstić information content (AvgIpc) is 2.60. The summed E-state index contributed by atoms with van der Waals surface area (Å²) in [6.45, 7) is 9.30. The van der Waals surface area contributed by atoms with Gasteiger partial charge in [0.2, 0.25) is 15.9 Å². The van der Waals surface area contributed by atoms with E-state index < -0.39 is 21.9 Å². The van der Waals surface area contributed by atoms with Gasteiger partial charge in [-0.3, -0.25) is 4.79 Å². The number of nitrogens with one attached hydrogen (secondary N) is 1. The van der Waals surface area contributed by atoms with E-state index in [4.69, 9.17) is 0 Å². The van der Waals surface area contributed by atoms with Crippen molar-refractivity contribution >= 4 is 27.6 Å². The fraction of sp³-hybridized carbons (Fsp3) is 0.222. The van der Waals surface area contributed by atoms with Crippen molar-refractivity contribution in [1.82, 2.24) is 4.31 Å². The molecular formula is C18H22N2O5S. The van der Waals surface area contributed by atoms with Gasteiger partial charge in [-0.05, 0) is 31.2 Å². The number of benzene rings is 1. The van der Waals surface area contributed by atoms with Gasteiger partial charge >= 0.3 is 5.97 Å². The van der Waals surface area contributed by atoms with Gasteiger partial charge in [0.05, 0.1) is 11.5 Å². The summed E-state index contributed by atoms with van der Waals surface area (Å²) in [6.07, 6.45) is 5.04. The second-order valence-electron chi connectivity index (χ2n) is 5.00. The topological polar surface area (TPSA) is 92.8 Å². The van der Waals surface area contributed by atoms with E-state index in [9.17, 15) is 18.0 Å². The Balaban J connectivity index is 2.84. The van der Waals surface area contributed by atoms with Crippen LogP contribution in [0.5, 0.6) is 0 Å². The number of rotatable bonds is 10. The lowest BCUT2D eigenvalue weighted by molar-refractivity contribution is -0.137. The van der Waals surface area contributed by atoms with E-state index in [1.54, 1.807) is 6.92 Å². The number of ether oxygens (including phenoxy) is 1. The van der Waals surface area contributed by atoms with Crippen molar-refractivity contribution in [2.75, 3.05) is 25.0 Å². The molecule has 0 aliphatic rings. The number of hydrogen-bond donors (Lipinski definition) is 1. The van der Waals surface area contributed by atoms with Gasteiger partial charge in [0.1, 0.15) is 0 Å². The molecule has 0 radical (unpaired) electrons. The summed E-state index contributed by atoms with van der Waals surface area (Å²) in [4.78, 5) is 23.0. The van der Waals surface area contributed by atoms with Crippen LogP contribution in [0, 0.1) is 0 Å². The average molecular weight is 378 g/mol. The molecule has 1 aromatic carbocycles. The highest BCUT2D eigenvalue weighted by Crippen LogP contribution is 2.18. The van der Waals surface area contributed by atoms with Crippen LogP contribution in [0.25, 0.3) is 0 Å². The Kier molecular flexibility index (Phi) is 8.47. The van der Waals surface area contributed by atoms with Gasteiger partial charge in [-0.25, -0.2) is 13.2 Å². The van der Waals surface area contributed by atoms with Crippen molar-refractivity contribution in [3.8, 4) is 0 Å². The lowest BCUT2D eigenvalue weighted by atomic mass is 10.3. The highest BCUT2D eigenvalue weighted by Gasteiger charge is 2.22. The zero-order valence-electron chi connectivity index (χ0n) is 14.6. The first-order valence-corrected chi connectivity index (χ1v) is 9.27. The molecule has 0 saturated heterocycles. The molecular weight excluding hydrogens is 356 g/mol. The summed E-state index contributed by atoms with van der Waals surface area (Å²) in [7, 11) is -3.70. The van der Waals surface area contributed by atoms with Crippen LogP contribution >= 0.6 is 0 Å². The molecule has 0 unspecified atom stereocenters. The molecule has 0 aromatic heterocycles. The molecule has 0 heterocycles. The molecule has 1 amide bonds. The Morgan fingerprint density at radius 1 is 1.12 bits per heavy atom. The third-order valence-corrected chi connectivity index (χ3v) is 4.93. The van der Waals surface area contributed by atoms with Crippen molar-refractivity contribution in [3.63, 3.8) is 0 Å². The number of sulfonamides is 1. The predicted octanol–water partition coefficient (Wildman–Crippen LogP) is 2.11. The Hall–Kier alpha value is -2.71. The molecule has 26 heavy (non-hydrogen) atoms. The molecule has 0 bridgehead atoms. The van der Waals surface area contributed by atoms with Crippen LogP contribution in [0.2, 0.25) is 0 Å². The van der Waals surface area contributed by atoms with Gasteiger partial charge in [0.25, 0.3) is 0 Å². The smallest absolute Gasteiger partial charge is 0.330 e. The van der Waals surface area contributed by atoms with Gasteiger partial charge in [0, 0.05) is 30.9 Å². The summed E-state index contributed by atoms with van der Waals surface area (Å²) < 4.78 is 31.0. The number of anilines is 1. The minimum Gasteiger partial charge on any atom is -0.463 e. The summed E-state index contributed by atoms with van der Waals surface area (Å²) in [6, 6.07) is 5.70. The van der Waals surface area contributed by atoms with Crippen LogP contribution in [-0.4, -0.2) is 44.3 Å². The van der Waals surface area contributed by atoms with Crippen LogP contribution in [0.15, 0.2) is 66.6 Å². The fourth-order valence-electron chi connectivity index (χ4n) is 1.94. The van der Waals surface area contributed by atoms with E-state index in [0.717, 1.165) is 12.2 Å². The van der Waals surface area contributed by atoms with E-state index in [-0.39, 0.29) is 24.6 Å². The summed E-state index contributed by atoms with van der Waals surface area (Å²) in [5.41, 5.74) is 0.390. The van der Waals surface area contributed by atoms with Crippen LogP contribution in [0.4, 0.5) is 5.69 Å². The molecule has 1 aromatic rings. The van der Waals surface area contributed by atoms with Crippen molar-refractivity contribution in [2.24, 2.45) is 0 Å². The Morgan fingerprint density at radius 3 is 2.19 bits per heavy atom. The number of carbonyl (C=O) groups excluding carboxylic acids is 2. The van der Waals surface area contributed by atoms with E-state index in [1.807, 2.05) is 0 Å². The van der Waals surface area contributed by atoms with Crippen molar-refractivity contribution in [1.29, 1.82) is 0 Å². The van der Waals surface area contributed by atoms with Crippen molar-refractivity contribution in [3.05, 3.63) is 61.7 Å². The van der Waals surface area contributed by atoms with Gasteiger partial charge in [-0.1, -0.05) is 12.2 Å². The lowest BCUT2D eigenvalue weighted by Gasteiger charge is -2.19. The van der Waals surface area contributed by atoms with Crippen LogP contribution < -0.4 is 5.32 Å². The number of nitrogens with zero attached hydrogens (tertiary/aromatic N) is 1. The number of esters is 1. The molecule has 7 nitrogen and oxygen atoms in total. The summed E-state index contributed by atoms with van der Waals surface area (Å²) in [5.74, 6) is -1.15. The van der Waals surface area contributed by atoms with E-state index in [0.29, 0.717) is 5.69 Å². The molecule has 0 fully saturated rings. The quantitative estimate of drug-likeness (QED) is 0.382. The van der Waals surface area contributed by atoms with Gasteiger partial charge in [-0.15, -0.1) is 13.2 Å².